The number of aldehydes is 1. The molecule has 0 aliphatic carbocycles. The number of hydrogen-bond donors (Lipinski definition) is 0. The number of benzene rings is 1. The first-order valence-electron chi connectivity index (χ1n) is 3.62. The Kier molecular flexibility index (Phi) is 2.75. The molecule has 1 aromatic rings. The molecule has 62 valence electrons. The van der Waals surface area contributed by atoms with Gasteiger partial charge in [0.15, 0.2) is 0 Å². The summed E-state index contributed by atoms with van der Waals surface area (Å²) in [7, 11) is 0. The van der Waals surface area contributed by atoms with E-state index >= 15 is 0 Å². The third-order valence-corrected chi connectivity index (χ3v) is 1.51. The zero-order valence-corrected chi connectivity index (χ0v) is 6.75. The molecule has 2 heteroatoms. The Labute approximate surface area is 70.5 Å². The Morgan fingerprint density at radius 3 is 2.75 bits per heavy atom. The standard InChI is InChI=1S/C10H9FO/c1-8-4-5-9(3-2-6-12)10(11)7-8/h2-7H,1H3. The van der Waals surface area contributed by atoms with Gasteiger partial charge in [-0.05, 0) is 30.7 Å². The summed E-state index contributed by atoms with van der Waals surface area (Å²) in [5, 5.41) is 0. The molecule has 0 spiro atoms. The van der Waals surface area contributed by atoms with Crippen LogP contribution in [0.4, 0.5) is 4.39 Å². The number of allylic oxidation sites excluding steroid dienone is 1. The highest BCUT2D eigenvalue weighted by atomic mass is 19.1. The van der Waals surface area contributed by atoms with Gasteiger partial charge in [0.1, 0.15) is 12.1 Å². The molecule has 0 fully saturated rings. The summed E-state index contributed by atoms with van der Waals surface area (Å²) in [6.45, 7) is 1.82. The summed E-state index contributed by atoms with van der Waals surface area (Å²) in [6, 6.07) is 4.88. The molecular weight excluding hydrogens is 155 g/mol. The van der Waals surface area contributed by atoms with Gasteiger partial charge in [0.2, 0.25) is 0 Å². The molecule has 1 nitrogen and oxygen atoms in total. The first-order valence-corrected chi connectivity index (χ1v) is 3.62. The van der Waals surface area contributed by atoms with Crippen molar-refractivity contribution >= 4 is 12.4 Å². The van der Waals surface area contributed by atoms with Gasteiger partial charge in [0.25, 0.3) is 0 Å². The fraction of sp³-hybridized carbons (Fsp3) is 0.100. The third kappa shape index (κ3) is 2.02. The first kappa shape index (κ1) is 8.65. The van der Waals surface area contributed by atoms with Crippen LogP contribution >= 0.6 is 0 Å². The van der Waals surface area contributed by atoms with Gasteiger partial charge in [0, 0.05) is 5.56 Å². The molecule has 0 aromatic heterocycles. The minimum atomic E-state index is -0.298. The summed E-state index contributed by atoms with van der Waals surface area (Å²) in [5.41, 5.74) is 1.31. The average molecular weight is 164 g/mol. The third-order valence-electron chi connectivity index (χ3n) is 1.51. The van der Waals surface area contributed by atoms with E-state index in [0.29, 0.717) is 11.8 Å². The van der Waals surface area contributed by atoms with E-state index in [1.807, 2.05) is 6.92 Å². The molecule has 0 unspecified atom stereocenters. The lowest BCUT2D eigenvalue weighted by Crippen LogP contribution is -1.82. The van der Waals surface area contributed by atoms with E-state index in [0.717, 1.165) is 5.56 Å². The van der Waals surface area contributed by atoms with Crippen molar-refractivity contribution in [2.24, 2.45) is 0 Å². The fourth-order valence-electron chi connectivity index (χ4n) is 0.910. The van der Waals surface area contributed by atoms with Crippen LogP contribution in [0.2, 0.25) is 0 Å². The Morgan fingerprint density at radius 1 is 1.42 bits per heavy atom. The fourth-order valence-corrected chi connectivity index (χ4v) is 0.910. The van der Waals surface area contributed by atoms with Crippen LogP contribution in [-0.2, 0) is 4.79 Å². The van der Waals surface area contributed by atoms with Crippen LogP contribution in [-0.4, -0.2) is 6.29 Å². The van der Waals surface area contributed by atoms with E-state index in [-0.39, 0.29) is 5.82 Å². The molecule has 1 rings (SSSR count). The normalized spacial score (nSPS) is 10.5. The molecule has 0 heterocycles. The molecule has 0 N–H and O–H groups in total. The van der Waals surface area contributed by atoms with Gasteiger partial charge in [0.05, 0.1) is 0 Å². The van der Waals surface area contributed by atoms with Crippen molar-refractivity contribution in [1.82, 2.24) is 0 Å². The Balaban J connectivity index is 3.01. The van der Waals surface area contributed by atoms with Gasteiger partial charge in [-0.3, -0.25) is 4.79 Å². The quantitative estimate of drug-likeness (QED) is 0.484. The predicted octanol–water partition coefficient (Wildman–Crippen LogP) is 2.35. The van der Waals surface area contributed by atoms with Gasteiger partial charge < -0.3 is 0 Å². The van der Waals surface area contributed by atoms with Crippen molar-refractivity contribution < 1.29 is 9.18 Å². The molecule has 0 atom stereocenters. The Hall–Kier alpha value is -1.44. The van der Waals surface area contributed by atoms with E-state index in [1.54, 1.807) is 12.1 Å². The van der Waals surface area contributed by atoms with Crippen LogP contribution < -0.4 is 0 Å². The van der Waals surface area contributed by atoms with Gasteiger partial charge in [-0.2, -0.15) is 0 Å². The van der Waals surface area contributed by atoms with Crippen molar-refractivity contribution in [3.05, 3.63) is 41.2 Å². The number of hydrogen-bond acceptors (Lipinski definition) is 1. The number of carbonyl (C=O) groups excluding carboxylic acids is 1. The van der Waals surface area contributed by atoms with Gasteiger partial charge in [-0.1, -0.05) is 12.1 Å². The van der Waals surface area contributed by atoms with E-state index in [2.05, 4.69) is 0 Å². The molecule has 12 heavy (non-hydrogen) atoms. The molecular formula is C10H9FO. The predicted molar refractivity (Wildman–Crippen MR) is 46.2 cm³/mol. The maximum absolute atomic E-state index is 13.0. The summed E-state index contributed by atoms with van der Waals surface area (Å²) < 4.78 is 13.0. The van der Waals surface area contributed by atoms with E-state index in [1.165, 1.54) is 18.2 Å². The summed E-state index contributed by atoms with van der Waals surface area (Å²) in [6.07, 6.45) is 3.34. The molecule has 1 aromatic carbocycles. The molecule has 0 saturated heterocycles. The summed E-state index contributed by atoms with van der Waals surface area (Å²) >= 11 is 0. The van der Waals surface area contributed by atoms with Crippen LogP contribution in [0.5, 0.6) is 0 Å². The lowest BCUT2D eigenvalue weighted by atomic mass is 10.1. The lowest BCUT2D eigenvalue weighted by molar-refractivity contribution is -0.104. The molecule has 0 radical (unpaired) electrons. The van der Waals surface area contributed by atoms with Crippen molar-refractivity contribution in [3.63, 3.8) is 0 Å². The molecule has 0 saturated carbocycles. The number of aryl methyl sites for hydroxylation is 1. The molecule has 0 bridgehead atoms. The second-order valence-corrected chi connectivity index (χ2v) is 2.52. The SMILES string of the molecule is Cc1ccc(C=CC=O)c(F)c1. The van der Waals surface area contributed by atoms with Crippen LogP contribution in [0, 0.1) is 12.7 Å². The summed E-state index contributed by atoms with van der Waals surface area (Å²) in [5.74, 6) is -0.298. The van der Waals surface area contributed by atoms with Gasteiger partial charge >= 0.3 is 0 Å². The highest BCUT2D eigenvalue weighted by Gasteiger charge is 1.96. The zero-order valence-electron chi connectivity index (χ0n) is 6.75. The number of rotatable bonds is 2. The maximum Gasteiger partial charge on any atom is 0.142 e. The minimum absolute atomic E-state index is 0.298. The van der Waals surface area contributed by atoms with Crippen LogP contribution in [0.15, 0.2) is 24.3 Å². The van der Waals surface area contributed by atoms with Crippen LogP contribution in [0.3, 0.4) is 0 Å². The topological polar surface area (TPSA) is 17.1 Å². The minimum Gasteiger partial charge on any atom is -0.299 e. The largest absolute Gasteiger partial charge is 0.299 e. The lowest BCUT2D eigenvalue weighted by Gasteiger charge is -1.96. The average Bonchev–Trinajstić information content (AvgIpc) is 2.03. The van der Waals surface area contributed by atoms with Crippen molar-refractivity contribution in [3.8, 4) is 0 Å². The first-order chi connectivity index (χ1) is 5.74. The second-order valence-electron chi connectivity index (χ2n) is 2.52. The molecule has 0 aliphatic rings. The monoisotopic (exact) mass is 164 g/mol. The number of halogens is 1. The molecule has 0 aliphatic heterocycles. The van der Waals surface area contributed by atoms with Crippen LogP contribution in [0.1, 0.15) is 11.1 Å². The highest BCUT2D eigenvalue weighted by molar-refractivity contribution is 5.73. The van der Waals surface area contributed by atoms with Crippen LogP contribution in [0.25, 0.3) is 6.08 Å². The smallest absolute Gasteiger partial charge is 0.142 e. The highest BCUT2D eigenvalue weighted by Crippen LogP contribution is 2.10. The van der Waals surface area contributed by atoms with E-state index in [9.17, 15) is 9.18 Å². The zero-order chi connectivity index (χ0) is 8.97. The van der Waals surface area contributed by atoms with Gasteiger partial charge in [-0.15, -0.1) is 0 Å². The van der Waals surface area contributed by atoms with Crippen molar-refractivity contribution in [2.75, 3.05) is 0 Å². The Morgan fingerprint density at radius 2 is 2.17 bits per heavy atom. The second kappa shape index (κ2) is 3.81. The van der Waals surface area contributed by atoms with E-state index < -0.39 is 0 Å². The maximum atomic E-state index is 13.0. The van der Waals surface area contributed by atoms with Crippen molar-refractivity contribution in [1.29, 1.82) is 0 Å². The van der Waals surface area contributed by atoms with Crippen molar-refractivity contribution in [2.45, 2.75) is 6.92 Å². The summed E-state index contributed by atoms with van der Waals surface area (Å²) in [4.78, 5) is 9.95. The van der Waals surface area contributed by atoms with E-state index in [4.69, 9.17) is 0 Å². The Bertz CT molecular complexity index is 316. The molecule has 0 amide bonds. The number of carbonyl (C=O) groups is 1. The van der Waals surface area contributed by atoms with Gasteiger partial charge in [-0.25, -0.2) is 4.39 Å².